The van der Waals surface area contributed by atoms with E-state index in [0.717, 1.165) is 48.8 Å². The highest BCUT2D eigenvalue weighted by Gasteiger charge is 2.26. The maximum absolute atomic E-state index is 12.7. The molecule has 0 aliphatic heterocycles. The number of aromatic nitrogens is 3. The zero-order chi connectivity index (χ0) is 20.4. The van der Waals surface area contributed by atoms with Crippen LogP contribution in [0.25, 0.3) is 5.69 Å². The van der Waals surface area contributed by atoms with E-state index in [0.29, 0.717) is 11.4 Å². The molecule has 3 aromatic rings. The summed E-state index contributed by atoms with van der Waals surface area (Å²) in [6, 6.07) is 11.8. The van der Waals surface area contributed by atoms with E-state index >= 15 is 0 Å². The molecular formula is C20H18N6O3. The number of para-hydroxylation sites is 1. The summed E-state index contributed by atoms with van der Waals surface area (Å²) in [7, 11) is 0. The zero-order valence-electron chi connectivity index (χ0n) is 15.5. The third-order valence-electron chi connectivity index (χ3n) is 4.99. The fourth-order valence-corrected chi connectivity index (χ4v) is 3.75. The average Bonchev–Trinajstić information content (AvgIpc) is 3.30. The molecule has 0 spiro atoms. The number of nitriles is 1. The van der Waals surface area contributed by atoms with Gasteiger partial charge in [-0.2, -0.15) is 10.4 Å². The molecule has 0 saturated carbocycles. The molecule has 4 rings (SSSR count). The number of carbonyl (C=O) groups is 1. The SMILES string of the molecule is N#Cc1c2c(n(-c3ccccc3)c1NC(=O)Cn1cc([N+](=O)[O-])cn1)CCCC2. The van der Waals surface area contributed by atoms with Crippen LogP contribution in [0.15, 0.2) is 42.7 Å². The van der Waals surface area contributed by atoms with Crippen LogP contribution in [0, 0.1) is 21.4 Å². The monoisotopic (exact) mass is 390 g/mol. The lowest BCUT2D eigenvalue weighted by atomic mass is 9.95. The van der Waals surface area contributed by atoms with Crippen LogP contribution in [0.3, 0.4) is 0 Å². The molecule has 0 unspecified atom stereocenters. The Hall–Kier alpha value is -3.93. The second-order valence-electron chi connectivity index (χ2n) is 6.84. The standard InChI is InChI=1S/C20H18N6O3/c21-10-17-16-8-4-5-9-18(16)25(14-6-2-1-3-7-14)20(17)23-19(27)13-24-12-15(11-22-24)26(28)29/h1-3,6-7,11-12H,4-5,8-9,13H2,(H,23,27). The van der Waals surface area contributed by atoms with Gasteiger partial charge in [-0.15, -0.1) is 0 Å². The van der Waals surface area contributed by atoms with Gasteiger partial charge in [0, 0.05) is 11.4 Å². The van der Waals surface area contributed by atoms with Crippen LogP contribution in [-0.4, -0.2) is 25.2 Å². The van der Waals surface area contributed by atoms with Crippen molar-refractivity contribution in [1.82, 2.24) is 14.3 Å². The van der Waals surface area contributed by atoms with Gasteiger partial charge in [0.2, 0.25) is 5.91 Å². The zero-order valence-corrected chi connectivity index (χ0v) is 15.5. The summed E-state index contributed by atoms with van der Waals surface area (Å²) < 4.78 is 3.14. The van der Waals surface area contributed by atoms with Crippen molar-refractivity contribution in [2.24, 2.45) is 0 Å². The molecule has 1 aromatic carbocycles. The van der Waals surface area contributed by atoms with Gasteiger partial charge >= 0.3 is 5.69 Å². The van der Waals surface area contributed by atoms with Gasteiger partial charge in [-0.3, -0.25) is 24.2 Å². The summed E-state index contributed by atoms with van der Waals surface area (Å²) in [5.41, 5.74) is 3.19. The molecule has 29 heavy (non-hydrogen) atoms. The van der Waals surface area contributed by atoms with Crippen molar-refractivity contribution in [3.63, 3.8) is 0 Å². The van der Waals surface area contributed by atoms with Crippen molar-refractivity contribution in [1.29, 1.82) is 5.26 Å². The summed E-state index contributed by atoms with van der Waals surface area (Å²) in [6.45, 7) is -0.191. The smallest absolute Gasteiger partial charge is 0.307 e. The molecule has 9 nitrogen and oxygen atoms in total. The minimum Gasteiger partial charge on any atom is -0.309 e. The summed E-state index contributed by atoms with van der Waals surface area (Å²) in [5, 5.41) is 27.3. The number of nitro groups is 1. The normalized spacial score (nSPS) is 12.8. The van der Waals surface area contributed by atoms with Crippen LogP contribution in [0.1, 0.15) is 29.7 Å². The molecule has 146 valence electrons. The summed E-state index contributed by atoms with van der Waals surface area (Å²) >= 11 is 0. The third kappa shape index (κ3) is 3.48. The molecular weight excluding hydrogens is 372 g/mol. The second kappa shape index (κ2) is 7.59. The molecule has 0 bridgehead atoms. The Balaban J connectivity index is 1.70. The molecule has 2 heterocycles. The molecule has 0 fully saturated rings. The average molecular weight is 390 g/mol. The molecule has 1 amide bonds. The Kier molecular flexibility index (Phi) is 4.83. The molecule has 1 aliphatic rings. The third-order valence-corrected chi connectivity index (χ3v) is 4.99. The summed E-state index contributed by atoms with van der Waals surface area (Å²) in [6.07, 6.45) is 5.96. The van der Waals surface area contributed by atoms with Gasteiger partial charge in [0.15, 0.2) is 0 Å². The predicted molar refractivity (Wildman–Crippen MR) is 105 cm³/mol. The maximum atomic E-state index is 12.7. The van der Waals surface area contributed by atoms with Gasteiger partial charge in [-0.1, -0.05) is 18.2 Å². The molecule has 0 atom stereocenters. The van der Waals surface area contributed by atoms with E-state index in [4.69, 9.17) is 0 Å². The van der Waals surface area contributed by atoms with Gasteiger partial charge in [0.25, 0.3) is 0 Å². The highest BCUT2D eigenvalue weighted by atomic mass is 16.6. The number of benzene rings is 1. The van der Waals surface area contributed by atoms with E-state index in [2.05, 4.69) is 16.5 Å². The summed E-state index contributed by atoms with van der Waals surface area (Å²) in [4.78, 5) is 22.9. The van der Waals surface area contributed by atoms with Gasteiger partial charge < -0.3 is 5.32 Å². The fourth-order valence-electron chi connectivity index (χ4n) is 3.75. The Morgan fingerprint density at radius 2 is 2.03 bits per heavy atom. The van der Waals surface area contributed by atoms with Crippen LogP contribution in [0.2, 0.25) is 0 Å². The molecule has 2 aromatic heterocycles. The van der Waals surface area contributed by atoms with E-state index in [1.165, 1.54) is 10.9 Å². The van der Waals surface area contributed by atoms with Crippen LogP contribution >= 0.6 is 0 Å². The van der Waals surface area contributed by atoms with Crippen molar-refractivity contribution < 1.29 is 9.72 Å². The van der Waals surface area contributed by atoms with Crippen LogP contribution in [0.5, 0.6) is 0 Å². The van der Waals surface area contributed by atoms with Gasteiger partial charge in [-0.05, 0) is 43.4 Å². The lowest BCUT2D eigenvalue weighted by Gasteiger charge is -2.17. The second-order valence-corrected chi connectivity index (χ2v) is 6.84. The predicted octanol–water partition coefficient (Wildman–Crippen LogP) is 2.97. The first-order chi connectivity index (χ1) is 14.1. The lowest BCUT2D eigenvalue weighted by Crippen LogP contribution is -2.21. The maximum Gasteiger partial charge on any atom is 0.307 e. The van der Waals surface area contributed by atoms with Crippen molar-refractivity contribution in [3.05, 3.63) is 69.7 Å². The van der Waals surface area contributed by atoms with Crippen molar-refractivity contribution in [3.8, 4) is 11.8 Å². The number of rotatable bonds is 5. The quantitative estimate of drug-likeness (QED) is 0.531. The largest absolute Gasteiger partial charge is 0.309 e. The number of amides is 1. The summed E-state index contributed by atoms with van der Waals surface area (Å²) in [5.74, 6) is 0.0313. The number of hydrogen-bond donors (Lipinski definition) is 1. The van der Waals surface area contributed by atoms with E-state index in [1.54, 1.807) is 0 Å². The Morgan fingerprint density at radius 1 is 1.28 bits per heavy atom. The molecule has 0 saturated heterocycles. The van der Waals surface area contributed by atoms with Crippen molar-refractivity contribution in [2.75, 3.05) is 5.32 Å². The highest BCUT2D eigenvalue weighted by Crippen LogP contribution is 2.35. The first-order valence-corrected chi connectivity index (χ1v) is 9.27. The van der Waals surface area contributed by atoms with Crippen molar-refractivity contribution >= 4 is 17.4 Å². The molecule has 9 heteroatoms. The Bertz CT molecular complexity index is 1120. The molecule has 1 aliphatic carbocycles. The van der Waals surface area contributed by atoms with Crippen molar-refractivity contribution in [2.45, 2.75) is 32.2 Å². The minimum atomic E-state index is -0.566. The number of hydrogen-bond acceptors (Lipinski definition) is 5. The van der Waals surface area contributed by atoms with E-state index in [9.17, 15) is 20.2 Å². The van der Waals surface area contributed by atoms with Gasteiger partial charge in [0.05, 0.1) is 10.5 Å². The number of nitrogens with one attached hydrogen (secondary N) is 1. The Labute approximate surface area is 166 Å². The molecule has 0 radical (unpaired) electrons. The number of fused-ring (bicyclic) bond motifs is 1. The van der Waals surface area contributed by atoms with Crippen LogP contribution in [-0.2, 0) is 24.2 Å². The topological polar surface area (TPSA) is 119 Å². The number of anilines is 1. The fraction of sp³-hybridized carbons (Fsp3) is 0.250. The first-order valence-electron chi connectivity index (χ1n) is 9.27. The lowest BCUT2D eigenvalue weighted by molar-refractivity contribution is -0.385. The minimum absolute atomic E-state index is 0.182. The Morgan fingerprint density at radius 3 is 2.72 bits per heavy atom. The van der Waals surface area contributed by atoms with Crippen LogP contribution in [0.4, 0.5) is 11.5 Å². The first kappa shape index (κ1) is 18.4. The van der Waals surface area contributed by atoms with E-state index in [-0.39, 0.29) is 12.2 Å². The molecule has 1 N–H and O–H groups in total. The highest BCUT2D eigenvalue weighted by molar-refractivity contribution is 5.92. The number of carbonyl (C=O) groups excluding carboxylic acids is 1. The van der Waals surface area contributed by atoms with Crippen LogP contribution < -0.4 is 5.32 Å². The van der Waals surface area contributed by atoms with E-state index in [1.807, 2.05) is 34.9 Å². The van der Waals surface area contributed by atoms with E-state index < -0.39 is 10.8 Å². The number of nitrogens with zero attached hydrogens (tertiary/aromatic N) is 5. The van der Waals surface area contributed by atoms with Gasteiger partial charge in [-0.25, -0.2) is 0 Å². The van der Waals surface area contributed by atoms with Gasteiger partial charge in [0.1, 0.15) is 30.8 Å².